The maximum Gasteiger partial charge on any atom is 0.229 e. The molecule has 1 aliphatic rings. The summed E-state index contributed by atoms with van der Waals surface area (Å²) in [6, 6.07) is 20.2. The van der Waals surface area contributed by atoms with Gasteiger partial charge in [0.1, 0.15) is 11.5 Å². The summed E-state index contributed by atoms with van der Waals surface area (Å²) in [4.78, 5) is 26.7. The Morgan fingerprint density at radius 1 is 0.968 bits per heavy atom. The molecule has 0 spiro atoms. The standard InChI is InChI=1S/C25H23ClN2O3/c1-16-3-10-23(13-17(16)2)31-22-11-6-20(7-12-22)27-25(30)18-14-24(29)28(15-18)21-8-4-19(26)5-9-21/h3-13,18H,14-15H2,1-2H3,(H,27,30)/t18-/m1/s1. The second-order valence-corrected chi connectivity index (χ2v) is 8.18. The van der Waals surface area contributed by atoms with Gasteiger partial charge in [-0.1, -0.05) is 17.7 Å². The number of rotatable bonds is 5. The Labute approximate surface area is 186 Å². The molecule has 0 bridgehead atoms. The van der Waals surface area contributed by atoms with Gasteiger partial charge in [-0.15, -0.1) is 0 Å². The fourth-order valence-electron chi connectivity index (χ4n) is 3.52. The number of hydrogen-bond acceptors (Lipinski definition) is 3. The first-order chi connectivity index (χ1) is 14.9. The molecule has 2 amide bonds. The van der Waals surface area contributed by atoms with Crippen LogP contribution in [0.3, 0.4) is 0 Å². The van der Waals surface area contributed by atoms with E-state index >= 15 is 0 Å². The highest BCUT2D eigenvalue weighted by Crippen LogP contribution is 2.28. The van der Waals surface area contributed by atoms with Crippen molar-refractivity contribution in [2.75, 3.05) is 16.8 Å². The van der Waals surface area contributed by atoms with Crippen molar-refractivity contribution in [3.05, 3.63) is 82.9 Å². The number of carbonyl (C=O) groups excluding carboxylic acids is 2. The van der Waals surface area contributed by atoms with Crippen molar-refractivity contribution in [1.29, 1.82) is 0 Å². The molecule has 1 fully saturated rings. The Kier molecular flexibility index (Phi) is 5.96. The fraction of sp³-hybridized carbons (Fsp3) is 0.200. The number of nitrogens with one attached hydrogen (secondary N) is 1. The van der Waals surface area contributed by atoms with Crippen molar-refractivity contribution >= 4 is 34.8 Å². The predicted octanol–water partition coefficient (Wildman–Crippen LogP) is 5.74. The molecule has 0 saturated carbocycles. The molecular formula is C25H23ClN2O3. The molecule has 5 nitrogen and oxygen atoms in total. The van der Waals surface area contributed by atoms with E-state index in [1.807, 2.05) is 37.3 Å². The SMILES string of the molecule is Cc1ccc(Oc2ccc(NC(=O)[C@@H]3CC(=O)N(c4ccc(Cl)cc4)C3)cc2)cc1C. The number of nitrogens with zero attached hydrogens (tertiary/aromatic N) is 1. The third-order valence-corrected chi connectivity index (χ3v) is 5.72. The number of carbonyl (C=O) groups is 2. The summed E-state index contributed by atoms with van der Waals surface area (Å²) in [5.74, 6) is 0.805. The van der Waals surface area contributed by atoms with Gasteiger partial charge in [-0.25, -0.2) is 0 Å². The van der Waals surface area contributed by atoms with E-state index in [9.17, 15) is 9.59 Å². The van der Waals surface area contributed by atoms with Crippen molar-refractivity contribution in [2.45, 2.75) is 20.3 Å². The number of aryl methyl sites for hydroxylation is 2. The Morgan fingerprint density at radius 3 is 2.32 bits per heavy atom. The van der Waals surface area contributed by atoms with Crippen molar-refractivity contribution in [1.82, 2.24) is 0 Å². The summed E-state index contributed by atoms with van der Waals surface area (Å²) >= 11 is 5.92. The number of benzene rings is 3. The topological polar surface area (TPSA) is 58.6 Å². The quantitative estimate of drug-likeness (QED) is 0.557. The minimum absolute atomic E-state index is 0.0698. The van der Waals surface area contributed by atoms with Crippen molar-refractivity contribution < 1.29 is 14.3 Å². The van der Waals surface area contributed by atoms with Gasteiger partial charge in [0, 0.05) is 29.4 Å². The Morgan fingerprint density at radius 2 is 1.65 bits per heavy atom. The van der Waals surface area contributed by atoms with Crippen LogP contribution in [0, 0.1) is 19.8 Å². The summed E-state index contributed by atoms with van der Waals surface area (Å²) in [7, 11) is 0. The second-order valence-electron chi connectivity index (χ2n) is 7.74. The normalized spacial score (nSPS) is 15.8. The molecule has 1 heterocycles. The molecule has 0 radical (unpaired) electrons. The maximum absolute atomic E-state index is 12.7. The van der Waals surface area contributed by atoms with Crippen LogP contribution in [0.1, 0.15) is 17.5 Å². The first-order valence-electron chi connectivity index (χ1n) is 10.1. The molecule has 0 unspecified atom stereocenters. The van der Waals surface area contributed by atoms with Crippen molar-refractivity contribution in [3.63, 3.8) is 0 Å². The second kappa shape index (κ2) is 8.82. The molecule has 31 heavy (non-hydrogen) atoms. The minimum Gasteiger partial charge on any atom is -0.457 e. The molecule has 0 aliphatic carbocycles. The molecule has 6 heteroatoms. The fourth-order valence-corrected chi connectivity index (χ4v) is 3.64. The molecule has 158 valence electrons. The molecule has 1 saturated heterocycles. The van der Waals surface area contributed by atoms with Gasteiger partial charge in [0.05, 0.1) is 5.92 Å². The summed E-state index contributed by atoms with van der Waals surface area (Å²) in [5.41, 5.74) is 3.79. The monoisotopic (exact) mass is 434 g/mol. The van der Waals surface area contributed by atoms with Crippen LogP contribution < -0.4 is 15.0 Å². The average Bonchev–Trinajstić information content (AvgIpc) is 3.14. The first kappa shape index (κ1) is 20.9. The molecular weight excluding hydrogens is 412 g/mol. The van der Waals surface area contributed by atoms with Crippen LogP contribution in [0.15, 0.2) is 66.7 Å². The van der Waals surface area contributed by atoms with Gasteiger partial charge in [-0.2, -0.15) is 0 Å². The molecule has 3 aromatic carbocycles. The lowest BCUT2D eigenvalue weighted by Gasteiger charge is -2.17. The van der Waals surface area contributed by atoms with Crippen molar-refractivity contribution in [3.8, 4) is 11.5 Å². The van der Waals surface area contributed by atoms with Gasteiger partial charge in [-0.3, -0.25) is 9.59 Å². The lowest BCUT2D eigenvalue weighted by atomic mass is 10.1. The lowest BCUT2D eigenvalue weighted by molar-refractivity contribution is -0.122. The van der Waals surface area contributed by atoms with E-state index in [0.717, 1.165) is 11.4 Å². The van der Waals surface area contributed by atoms with Crippen LogP contribution in [0.4, 0.5) is 11.4 Å². The van der Waals surface area contributed by atoms with Crippen LogP contribution in [0.5, 0.6) is 11.5 Å². The largest absolute Gasteiger partial charge is 0.457 e. The van der Waals surface area contributed by atoms with Gasteiger partial charge in [0.25, 0.3) is 0 Å². The summed E-state index contributed by atoms with van der Waals surface area (Å²) in [5, 5.41) is 3.50. The highest BCUT2D eigenvalue weighted by Gasteiger charge is 2.35. The van der Waals surface area contributed by atoms with E-state index in [0.29, 0.717) is 23.0 Å². The number of halogens is 1. The molecule has 1 atom stereocenters. The van der Waals surface area contributed by atoms with Crippen LogP contribution in [0.2, 0.25) is 5.02 Å². The predicted molar refractivity (Wildman–Crippen MR) is 123 cm³/mol. The van der Waals surface area contributed by atoms with Crippen LogP contribution in [-0.4, -0.2) is 18.4 Å². The highest BCUT2D eigenvalue weighted by molar-refractivity contribution is 6.30. The minimum atomic E-state index is -0.408. The van der Waals surface area contributed by atoms with Gasteiger partial charge in [0.15, 0.2) is 0 Å². The van der Waals surface area contributed by atoms with Gasteiger partial charge in [0.2, 0.25) is 11.8 Å². The molecule has 1 N–H and O–H groups in total. The number of ether oxygens (including phenoxy) is 1. The maximum atomic E-state index is 12.7. The third kappa shape index (κ3) is 4.89. The summed E-state index contributed by atoms with van der Waals surface area (Å²) in [6.07, 6.45) is 0.183. The lowest BCUT2D eigenvalue weighted by Crippen LogP contribution is -2.28. The van der Waals surface area contributed by atoms with Crippen LogP contribution in [0.25, 0.3) is 0 Å². The first-order valence-corrected chi connectivity index (χ1v) is 10.5. The van der Waals surface area contributed by atoms with Gasteiger partial charge >= 0.3 is 0 Å². The Bertz CT molecular complexity index is 1110. The van der Waals surface area contributed by atoms with Crippen LogP contribution >= 0.6 is 11.6 Å². The van der Waals surface area contributed by atoms with Gasteiger partial charge in [-0.05, 0) is 85.6 Å². The number of anilines is 2. The zero-order valence-corrected chi connectivity index (χ0v) is 18.1. The van der Waals surface area contributed by atoms with E-state index in [-0.39, 0.29) is 18.2 Å². The zero-order chi connectivity index (χ0) is 22.0. The third-order valence-electron chi connectivity index (χ3n) is 5.47. The number of hydrogen-bond donors (Lipinski definition) is 1. The van der Waals surface area contributed by atoms with Gasteiger partial charge < -0.3 is 15.0 Å². The summed E-state index contributed by atoms with van der Waals surface area (Å²) in [6.45, 7) is 4.45. The van der Waals surface area contributed by atoms with E-state index in [4.69, 9.17) is 16.3 Å². The van der Waals surface area contributed by atoms with Crippen molar-refractivity contribution in [2.24, 2.45) is 5.92 Å². The Hall–Kier alpha value is -3.31. The van der Waals surface area contributed by atoms with Crippen LogP contribution in [-0.2, 0) is 9.59 Å². The molecule has 1 aliphatic heterocycles. The molecule has 4 rings (SSSR count). The average molecular weight is 435 g/mol. The van der Waals surface area contributed by atoms with E-state index in [2.05, 4.69) is 12.2 Å². The zero-order valence-electron chi connectivity index (χ0n) is 17.4. The van der Waals surface area contributed by atoms with E-state index in [1.54, 1.807) is 41.3 Å². The van der Waals surface area contributed by atoms with E-state index in [1.165, 1.54) is 11.1 Å². The Balaban J connectivity index is 1.36. The molecule has 0 aromatic heterocycles. The smallest absolute Gasteiger partial charge is 0.229 e. The summed E-state index contributed by atoms with van der Waals surface area (Å²) < 4.78 is 5.89. The number of amides is 2. The highest BCUT2D eigenvalue weighted by atomic mass is 35.5. The van der Waals surface area contributed by atoms with E-state index < -0.39 is 5.92 Å². The molecule has 3 aromatic rings.